The molecule has 51 heavy (non-hydrogen) atoms. The van der Waals surface area contributed by atoms with Gasteiger partial charge in [0, 0.05) is 38.5 Å². The van der Waals surface area contributed by atoms with Crippen LogP contribution in [0.25, 0.3) is 105 Å². The van der Waals surface area contributed by atoms with Crippen molar-refractivity contribution in [2.75, 3.05) is 0 Å². The average Bonchev–Trinajstić information content (AvgIpc) is 3.72. The van der Waals surface area contributed by atoms with Gasteiger partial charge in [0.05, 0.1) is 11.0 Å². The molecule has 1 aliphatic rings. The molecule has 0 unspecified atom stereocenters. The van der Waals surface area contributed by atoms with Crippen LogP contribution in [-0.2, 0) is 0 Å². The normalized spacial score (nSPS) is 11.9. The predicted octanol–water partition coefficient (Wildman–Crippen LogP) is 11.9. The van der Waals surface area contributed by atoms with Crippen LogP contribution in [0.15, 0.2) is 170 Å². The molecule has 0 spiro atoms. The van der Waals surface area contributed by atoms with E-state index in [0.29, 0.717) is 17.5 Å². The molecule has 10 aromatic rings. The van der Waals surface area contributed by atoms with Gasteiger partial charge >= 0.3 is 0 Å². The van der Waals surface area contributed by atoms with E-state index in [1.165, 1.54) is 60.1 Å². The van der Waals surface area contributed by atoms with Crippen molar-refractivity contribution in [2.45, 2.75) is 0 Å². The van der Waals surface area contributed by atoms with Crippen molar-refractivity contribution < 1.29 is 0 Å². The van der Waals surface area contributed by atoms with Gasteiger partial charge < -0.3 is 4.57 Å². The highest BCUT2D eigenvalue weighted by molar-refractivity contribution is 6.19. The van der Waals surface area contributed by atoms with Crippen LogP contribution in [-0.4, -0.2) is 19.5 Å². The van der Waals surface area contributed by atoms with Crippen LogP contribution in [0.5, 0.6) is 0 Å². The summed E-state index contributed by atoms with van der Waals surface area (Å²) in [6, 6.07) is 60.3. The number of benzene rings is 8. The van der Waals surface area contributed by atoms with E-state index in [0.717, 1.165) is 27.9 Å². The van der Waals surface area contributed by atoms with Crippen LogP contribution in [0.3, 0.4) is 0 Å². The number of nitrogens with zero attached hydrogens (tertiary/aromatic N) is 4. The van der Waals surface area contributed by atoms with E-state index in [2.05, 4.69) is 156 Å². The van der Waals surface area contributed by atoms with E-state index in [1.54, 1.807) is 0 Å². The SMILES string of the molecule is c1ccc(-c2nc(-c3cccc(-n4c5ccccc5c5ccc6ccccc6c54)c3)nc(-c3ccc4c(c3)-c3cccc5cccc-4c35)n2)cc1. The van der Waals surface area contributed by atoms with Gasteiger partial charge in [0.1, 0.15) is 0 Å². The van der Waals surface area contributed by atoms with Crippen molar-refractivity contribution in [1.29, 1.82) is 0 Å². The van der Waals surface area contributed by atoms with Crippen molar-refractivity contribution in [1.82, 2.24) is 19.5 Å². The highest BCUT2D eigenvalue weighted by Crippen LogP contribution is 2.48. The summed E-state index contributed by atoms with van der Waals surface area (Å²) in [5.41, 5.74) is 11.2. The molecule has 0 bridgehead atoms. The number of hydrogen-bond donors (Lipinski definition) is 0. The second-order valence-corrected chi connectivity index (χ2v) is 13.2. The predicted molar refractivity (Wildman–Crippen MR) is 210 cm³/mol. The highest BCUT2D eigenvalue weighted by atomic mass is 15.0. The van der Waals surface area contributed by atoms with Crippen molar-refractivity contribution in [3.63, 3.8) is 0 Å². The third kappa shape index (κ3) is 4.23. The zero-order valence-corrected chi connectivity index (χ0v) is 27.5. The fourth-order valence-corrected chi connectivity index (χ4v) is 8.06. The minimum atomic E-state index is 0.636. The van der Waals surface area contributed by atoms with E-state index in [9.17, 15) is 0 Å². The average molecular weight is 649 g/mol. The summed E-state index contributed by atoms with van der Waals surface area (Å²) in [7, 11) is 0. The molecule has 2 heterocycles. The Morgan fingerprint density at radius 3 is 1.80 bits per heavy atom. The molecule has 0 aliphatic heterocycles. The van der Waals surface area contributed by atoms with Gasteiger partial charge in [-0.1, -0.05) is 146 Å². The molecule has 0 saturated carbocycles. The molecule has 236 valence electrons. The molecule has 0 atom stereocenters. The van der Waals surface area contributed by atoms with Crippen molar-refractivity contribution in [3.8, 4) is 62.1 Å². The quantitative estimate of drug-likeness (QED) is 0.191. The van der Waals surface area contributed by atoms with Crippen LogP contribution in [0.1, 0.15) is 0 Å². The van der Waals surface area contributed by atoms with Gasteiger partial charge in [-0.05, 0) is 62.7 Å². The second kappa shape index (κ2) is 10.8. The van der Waals surface area contributed by atoms with E-state index >= 15 is 0 Å². The first-order valence-corrected chi connectivity index (χ1v) is 17.3. The Morgan fingerprint density at radius 2 is 0.980 bits per heavy atom. The van der Waals surface area contributed by atoms with Gasteiger partial charge in [-0.2, -0.15) is 0 Å². The Labute approximate surface area is 294 Å². The monoisotopic (exact) mass is 648 g/mol. The van der Waals surface area contributed by atoms with Gasteiger partial charge in [-0.3, -0.25) is 0 Å². The molecule has 0 radical (unpaired) electrons. The topological polar surface area (TPSA) is 43.6 Å². The smallest absolute Gasteiger partial charge is 0.164 e. The molecule has 0 saturated heterocycles. The van der Waals surface area contributed by atoms with Crippen LogP contribution in [0.2, 0.25) is 0 Å². The maximum Gasteiger partial charge on any atom is 0.164 e. The molecule has 0 fully saturated rings. The Bertz CT molecular complexity index is 3020. The summed E-state index contributed by atoms with van der Waals surface area (Å²) >= 11 is 0. The first kappa shape index (κ1) is 28.0. The lowest BCUT2D eigenvalue weighted by atomic mass is 10.0. The molecule has 2 aromatic heterocycles. The molecular formula is C47H28N4. The zero-order valence-electron chi connectivity index (χ0n) is 27.5. The van der Waals surface area contributed by atoms with E-state index < -0.39 is 0 Å². The summed E-state index contributed by atoms with van der Waals surface area (Å²) in [6.07, 6.45) is 0. The van der Waals surface area contributed by atoms with E-state index in [1.807, 2.05) is 18.2 Å². The molecule has 0 amide bonds. The summed E-state index contributed by atoms with van der Waals surface area (Å²) in [4.78, 5) is 15.4. The standard InChI is InChI=1S/C47H28N4/c1-2-12-31(13-3-1)45-48-46(50-47(49-45)33-24-25-36-38-20-9-14-30-15-10-21-39(43(30)38)41(36)28-33)32-16-8-17-34(27-32)51-42-22-7-6-19-37(42)40-26-23-29-11-4-5-18-35(29)44(40)51/h1-28H. The number of rotatable bonds is 4. The van der Waals surface area contributed by atoms with Crippen molar-refractivity contribution in [2.24, 2.45) is 0 Å². The Kier molecular flexibility index (Phi) is 5.92. The lowest BCUT2D eigenvalue weighted by molar-refractivity contribution is 1.07. The molecule has 0 N–H and O–H groups in total. The number of aromatic nitrogens is 4. The zero-order chi connectivity index (χ0) is 33.5. The van der Waals surface area contributed by atoms with Gasteiger partial charge in [-0.15, -0.1) is 0 Å². The van der Waals surface area contributed by atoms with Crippen molar-refractivity contribution in [3.05, 3.63) is 170 Å². The third-order valence-electron chi connectivity index (χ3n) is 10.4. The summed E-state index contributed by atoms with van der Waals surface area (Å²) in [5.74, 6) is 1.94. The molecule has 4 heteroatoms. The lowest BCUT2D eigenvalue weighted by Crippen LogP contribution is -2.01. The van der Waals surface area contributed by atoms with E-state index in [4.69, 9.17) is 15.0 Å². The van der Waals surface area contributed by atoms with Crippen molar-refractivity contribution >= 4 is 43.4 Å². The fraction of sp³-hybridized carbons (Fsp3) is 0. The van der Waals surface area contributed by atoms with Crippen LogP contribution >= 0.6 is 0 Å². The second-order valence-electron chi connectivity index (χ2n) is 13.2. The van der Waals surface area contributed by atoms with Gasteiger partial charge in [0.15, 0.2) is 17.5 Å². The summed E-state index contributed by atoms with van der Waals surface area (Å²) in [5, 5.41) is 7.47. The van der Waals surface area contributed by atoms with Crippen LogP contribution in [0.4, 0.5) is 0 Å². The van der Waals surface area contributed by atoms with Gasteiger partial charge in [0.25, 0.3) is 0 Å². The Hall–Kier alpha value is -6.91. The Balaban J connectivity index is 1.11. The fourth-order valence-electron chi connectivity index (χ4n) is 8.06. The van der Waals surface area contributed by atoms with Gasteiger partial charge in [0.2, 0.25) is 0 Å². The minimum absolute atomic E-state index is 0.636. The molecule has 8 aromatic carbocycles. The minimum Gasteiger partial charge on any atom is -0.309 e. The first-order chi connectivity index (χ1) is 25.3. The third-order valence-corrected chi connectivity index (χ3v) is 10.4. The van der Waals surface area contributed by atoms with Gasteiger partial charge in [-0.25, -0.2) is 15.0 Å². The van der Waals surface area contributed by atoms with Crippen LogP contribution < -0.4 is 0 Å². The highest BCUT2D eigenvalue weighted by Gasteiger charge is 2.23. The molecule has 4 nitrogen and oxygen atoms in total. The first-order valence-electron chi connectivity index (χ1n) is 17.3. The lowest BCUT2D eigenvalue weighted by Gasteiger charge is -2.13. The largest absolute Gasteiger partial charge is 0.309 e. The maximum atomic E-state index is 5.19. The Morgan fingerprint density at radius 1 is 0.353 bits per heavy atom. The summed E-state index contributed by atoms with van der Waals surface area (Å²) < 4.78 is 2.38. The van der Waals surface area contributed by atoms with E-state index in [-0.39, 0.29) is 0 Å². The number of fused-ring (bicyclic) bond motifs is 8. The van der Waals surface area contributed by atoms with Crippen LogP contribution in [0, 0.1) is 0 Å². The maximum absolute atomic E-state index is 5.19. The molecule has 1 aliphatic carbocycles. The molecular weight excluding hydrogens is 621 g/mol. The number of hydrogen-bond acceptors (Lipinski definition) is 3. The number of para-hydroxylation sites is 1. The molecule has 11 rings (SSSR count). The summed E-state index contributed by atoms with van der Waals surface area (Å²) in [6.45, 7) is 0.